The van der Waals surface area contributed by atoms with Gasteiger partial charge in [-0.25, -0.2) is 17.2 Å². The molecule has 0 atom stereocenters. The van der Waals surface area contributed by atoms with Gasteiger partial charge in [-0.15, -0.1) is 0 Å². The standard InChI is InChI=1S/C21H24F2N2O3S/c1-14-3-4-20(9-15(14)2)29(27,28)25-7-5-17(6-8-25)21(26)24-13-16-10-18(22)12-19(23)11-16/h3-4,9-12,17H,5-8,13H2,1-2H3,(H,24,26). The molecule has 0 unspecified atom stereocenters. The number of sulfonamides is 1. The quantitative estimate of drug-likeness (QED) is 0.804. The molecule has 1 aliphatic rings. The summed E-state index contributed by atoms with van der Waals surface area (Å²) in [6, 6.07) is 8.18. The molecule has 0 spiro atoms. The summed E-state index contributed by atoms with van der Waals surface area (Å²) in [6.45, 7) is 4.32. The van der Waals surface area contributed by atoms with E-state index in [0.29, 0.717) is 18.4 Å². The van der Waals surface area contributed by atoms with E-state index in [-0.39, 0.29) is 36.4 Å². The Kier molecular flexibility index (Phi) is 6.33. The predicted molar refractivity (Wildman–Crippen MR) is 106 cm³/mol. The number of halogens is 2. The van der Waals surface area contributed by atoms with Crippen molar-refractivity contribution in [2.45, 2.75) is 38.1 Å². The molecule has 0 radical (unpaired) electrons. The highest BCUT2D eigenvalue weighted by atomic mass is 32.2. The van der Waals surface area contributed by atoms with E-state index < -0.39 is 21.7 Å². The van der Waals surface area contributed by atoms with Crippen LogP contribution in [0.15, 0.2) is 41.3 Å². The molecule has 2 aromatic carbocycles. The normalized spacial score (nSPS) is 16.0. The van der Waals surface area contributed by atoms with Crippen LogP contribution in [0.4, 0.5) is 8.78 Å². The third-order valence-corrected chi connectivity index (χ3v) is 7.22. The number of carbonyl (C=O) groups is 1. The van der Waals surface area contributed by atoms with Crippen LogP contribution in [0.1, 0.15) is 29.5 Å². The van der Waals surface area contributed by atoms with Crippen molar-refractivity contribution < 1.29 is 22.0 Å². The van der Waals surface area contributed by atoms with Crippen molar-refractivity contribution in [1.29, 1.82) is 0 Å². The van der Waals surface area contributed by atoms with Gasteiger partial charge in [0.1, 0.15) is 11.6 Å². The van der Waals surface area contributed by atoms with E-state index in [0.717, 1.165) is 17.2 Å². The molecule has 0 saturated carbocycles. The van der Waals surface area contributed by atoms with Crippen LogP contribution >= 0.6 is 0 Å². The zero-order valence-electron chi connectivity index (χ0n) is 16.4. The van der Waals surface area contributed by atoms with E-state index in [4.69, 9.17) is 0 Å². The molecule has 1 fully saturated rings. The third kappa shape index (κ3) is 5.00. The van der Waals surface area contributed by atoms with E-state index >= 15 is 0 Å². The van der Waals surface area contributed by atoms with Crippen LogP contribution in [0.2, 0.25) is 0 Å². The van der Waals surface area contributed by atoms with Crippen LogP contribution in [0.25, 0.3) is 0 Å². The van der Waals surface area contributed by atoms with E-state index in [9.17, 15) is 22.0 Å². The Bertz CT molecular complexity index is 996. The van der Waals surface area contributed by atoms with Gasteiger partial charge in [-0.05, 0) is 67.6 Å². The Labute approximate surface area is 169 Å². The first kappa shape index (κ1) is 21.4. The molecule has 1 amide bonds. The Morgan fingerprint density at radius 3 is 2.24 bits per heavy atom. The summed E-state index contributed by atoms with van der Waals surface area (Å²) >= 11 is 0. The molecule has 29 heavy (non-hydrogen) atoms. The lowest BCUT2D eigenvalue weighted by molar-refractivity contribution is -0.126. The number of amides is 1. The molecular formula is C21H24F2N2O3S. The van der Waals surface area contributed by atoms with Crippen molar-refractivity contribution in [2.24, 2.45) is 5.92 Å². The number of hydrogen-bond acceptors (Lipinski definition) is 3. The highest BCUT2D eigenvalue weighted by Gasteiger charge is 2.32. The first-order valence-electron chi connectivity index (χ1n) is 9.47. The molecule has 5 nitrogen and oxygen atoms in total. The fraction of sp³-hybridized carbons (Fsp3) is 0.381. The Morgan fingerprint density at radius 1 is 1.03 bits per heavy atom. The van der Waals surface area contributed by atoms with Gasteiger partial charge < -0.3 is 5.32 Å². The smallest absolute Gasteiger partial charge is 0.243 e. The van der Waals surface area contributed by atoms with Crippen LogP contribution in [0.5, 0.6) is 0 Å². The number of carbonyl (C=O) groups excluding carboxylic acids is 1. The summed E-state index contributed by atoms with van der Waals surface area (Å²) in [7, 11) is -3.60. The third-order valence-electron chi connectivity index (χ3n) is 5.33. The maximum absolute atomic E-state index is 13.2. The minimum absolute atomic E-state index is 0.0225. The van der Waals surface area contributed by atoms with Gasteiger partial charge in [-0.3, -0.25) is 4.79 Å². The van der Waals surface area contributed by atoms with Crippen LogP contribution in [-0.4, -0.2) is 31.7 Å². The van der Waals surface area contributed by atoms with Crippen molar-refractivity contribution >= 4 is 15.9 Å². The molecule has 0 aliphatic carbocycles. The van der Waals surface area contributed by atoms with E-state index in [2.05, 4.69) is 5.32 Å². The molecule has 0 aromatic heterocycles. The Hall–Kier alpha value is -2.32. The molecule has 0 bridgehead atoms. The minimum atomic E-state index is -3.60. The van der Waals surface area contributed by atoms with Crippen molar-refractivity contribution in [3.63, 3.8) is 0 Å². The lowest BCUT2D eigenvalue weighted by Crippen LogP contribution is -2.42. The zero-order chi connectivity index (χ0) is 21.2. The van der Waals surface area contributed by atoms with Crippen LogP contribution in [0, 0.1) is 31.4 Å². The molecule has 8 heteroatoms. The predicted octanol–water partition coefficient (Wildman–Crippen LogP) is 3.30. The van der Waals surface area contributed by atoms with Crippen molar-refractivity contribution in [2.75, 3.05) is 13.1 Å². The lowest BCUT2D eigenvalue weighted by Gasteiger charge is -2.30. The first-order valence-corrected chi connectivity index (χ1v) is 10.9. The van der Waals surface area contributed by atoms with Gasteiger partial charge in [0.25, 0.3) is 0 Å². The maximum Gasteiger partial charge on any atom is 0.243 e. The number of piperidine rings is 1. The number of nitrogens with one attached hydrogen (secondary N) is 1. The summed E-state index contributed by atoms with van der Waals surface area (Å²) < 4.78 is 53.6. The number of nitrogens with zero attached hydrogens (tertiary/aromatic N) is 1. The molecule has 3 rings (SSSR count). The summed E-state index contributed by atoms with van der Waals surface area (Å²) in [5.41, 5.74) is 2.28. The van der Waals surface area contributed by atoms with Gasteiger partial charge in [0.15, 0.2) is 0 Å². The van der Waals surface area contributed by atoms with Gasteiger partial charge in [-0.2, -0.15) is 4.31 Å². The van der Waals surface area contributed by atoms with Crippen molar-refractivity contribution in [3.8, 4) is 0 Å². The average molecular weight is 422 g/mol. The number of benzene rings is 2. The van der Waals surface area contributed by atoms with E-state index in [1.54, 1.807) is 18.2 Å². The Balaban J connectivity index is 1.58. The Morgan fingerprint density at radius 2 is 1.66 bits per heavy atom. The first-order chi connectivity index (χ1) is 13.7. The molecule has 1 saturated heterocycles. The largest absolute Gasteiger partial charge is 0.352 e. The highest BCUT2D eigenvalue weighted by molar-refractivity contribution is 7.89. The highest BCUT2D eigenvalue weighted by Crippen LogP contribution is 2.25. The van der Waals surface area contributed by atoms with Crippen molar-refractivity contribution in [1.82, 2.24) is 9.62 Å². The van der Waals surface area contributed by atoms with E-state index in [1.807, 2.05) is 13.8 Å². The minimum Gasteiger partial charge on any atom is -0.352 e. The molecular weight excluding hydrogens is 398 g/mol. The monoisotopic (exact) mass is 422 g/mol. The second-order valence-electron chi connectivity index (χ2n) is 7.42. The van der Waals surface area contributed by atoms with Gasteiger partial charge in [0.2, 0.25) is 15.9 Å². The van der Waals surface area contributed by atoms with Crippen molar-refractivity contribution in [3.05, 3.63) is 64.7 Å². The molecule has 2 aromatic rings. The van der Waals surface area contributed by atoms with Crippen LogP contribution in [0.3, 0.4) is 0 Å². The summed E-state index contributed by atoms with van der Waals surface area (Å²) in [5.74, 6) is -1.96. The van der Waals surface area contributed by atoms with Gasteiger partial charge >= 0.3 is 0 Å². The summed E-state index contributed by atoms with van der Waals surface area (Å²) in [5, 5.41) is 2.68. The second kappa shape index (κ2) is 8.59. The lowest BCUT2D eigenvalue weighted by atomic mass is 9.97. The molecule has 1 heterocycles. The zero-order valence-corrected chi connectivity index (χ0v) is 17.2. The fourth-order valence-electron chi connectivity index (χ4n) is 3.43. The molecule has 156 valence electrons. The second-order valence-corrected chi connectivity index (χ2v) is 9.36. The van der Waals surface area contributed by atoms with E-state index in [1.165, 1.54) is 16.4 Å². The number of rotatable bonds is 5. The number of hydrogen-bond donors (Lipinski definition) is 1. The average Bonchev–Trinajstić information content (AvgIpc) is 2.67. The van der Waals surface area contributed by atoms with Gasteiger partial charge in [-0.1, -0.05) is 6.07 Å². The topological polar surface area (TPSA) is 66.5 Å². The summed E-state index contributed by atoms with van der Waals surface area (Å²) in [4.78, 5) is 12.6. The summed E-state index contributed by atoms with van der Waals surface area (Å²) in [6.07, 6.45) is 0.792. The van der Waals surface area contributed by atoms with Gasteiger partial charge in [0, 0.05) is 31.6 Å². The fourth-order valence-corrected chi connectivity index (χ4v) is 4.98. The van der Waals surface area contributed by atoms with Gasteiger partial charge in [0.05, 0.1) is 4.90 Å². The van der Waals surface area contributed by atoms with Crippen LogP contribution < -0.4 is 5.32 Å². The maximum atomic E-state index is 13.2. The SMILES string of the molecule is Cc1ccc(S(=O)(=O)N2CCC(C(=O)NCc3cc(F)cc(F)c3)CC2)cc1C. The van der Waals surface area contributed by atoms with Crippen LogP contribution in [-0.2, 0) is 21.4 Å². The molecule has 1 N–H and O–H groups in total. The number of aryl methyl sites for hydroxylation is 2. The molecule has 1 aliphatic heterocycles.